The number of carbonyl (C=O) groups excluding carboxylic acids is 2. The highest BCUT2D eigenvalue weighted by Gasteiger charge is 2.05. The molecule has 0 unspecified atom stereocenters. The van der Waals surface area contributed by atoms with Crippen molar-refractivity contribution in [3.63, 3.8) is 0 Å². The minimum atomic E-state index is -0.301. The molecular formula is C22H24N6O4. The van der Waals surface area contributed by atoms with E-state index in [0.717, 1.165) is 17.7 Å². The van der Waals surface area contributed by atoms with Gasteiger partial charge in [-0.3, -0.25) is 19.3 Å². The van der Waals surface area contributed by atoms with E-state index in [-0.39, 0.29) is 18.5 Å². The summed E-state index contributed by atoms with van der Waals surface area (Å²) in [6.45, 7) is 3.02. The van der Waals surface area contributed by atoms with E-state index in [9.17, 15) is 9.59 Å². The molecule has 32 heavy (non-hydrogen) atoms. The van der Waals surface area contributed by atoms with E-state index in [0.29, 0.717) is 30.8 Å². The Hall–Kier alpha value is -4.08. The molecule has 0 aliphatic rings. The smallest absolute Gasteiger partial charge is 0.305 e. The van der Waals surface area contributed by atoms with Gasteiger partial charge in [0.15, 0.2) is 0 Å². The van der Waals surface area contributed by atoms with Crippen molar-refractivity contribution >= 4 is 18.1 Å². The molecule has 2 heterocycles. The fourth-order valence-corrected chi connectivity index (χ4v) is 2.57. The number of nitrogens with zero attached hydrogens (tertiary/aromatic N) is 5. The molecule has 0 radical (unpaired) electrons. The third-order valence-corrected chi connectivity index (χ3v) is 4.26. The standard InChI is InChI=1S/C22H24N6O4/c1-2-21(29)32-16-19-15-28(27-25-19)12-3-13-31-20-6-4-17(5-7-20)14-24-26-22(30)18-8-10-23-11-9-18/h4-11,14-15H,2-3,12-13,16H2,1H3,(H,26,30)/b24-14+. The van der Waals surface area contributed by atoms with Crippen molar-refractivity contribution < 1.29 is 19.1 Å². The molecule has 0 fully saturated rings. The Balaban J connectivity index is 1.35. The lowest BCUT2D eigenvalue weighted by Gasteiger charge is -2.06. The van der Waals surface area contributed by atoms with Crippen LogP contribution in [0.5, 0.6) is 5.75 Å². The van der Waals surface area contributed by atoms with Gasteiger partial charge in [-0.2, -0.15) is 5.10 Å². The molecule has 0 saturated heterocycles. The Labute approximate surface area is 185 Å². The van der Waals surface area contributed by atoms with E-state index < -0.39 is 0 Å². The van der Waals surface area contributed by atoms with E-state index in [4.69, 9.17) is 9.47 Å². The number of aryl methyl sites for hydroxylation is 1. The third-order valence-electron chi connectivity index (χ3n) is 4.26. The lowest BCUT2D eigenvalue weighted by molar-refractivity contribution is -0.144. The van der Waals surface area contributed by atoms with Crippen molar-refractivity contribution in [1.29, 1.82) is 0 Å². The van der Waals surface area contributed by atoms with Crippen LogP contribution in [-0.2, 0) is 22.7 Å². The second-order valence-corrected chi connectivity index (χ2v) is 6.69. The monoisotopic (exact) mass is 436 g/mol. The minimum absolute atomic E-state index is 0.131. The highest BCUT2D eigenvalue weighted by Crippen LogP contribution is 2.11. The number of hydrogen-bond acceptors (Lipinski definition) is 8. The van der Waals surface area contributed by atoms with Gasteiger partial charge >= 0.3 is 5.97 Å². The Kier molecular flexibility index (Phi) is 8.43. The molecule has 1 amide bonds. The van der Waals surface area contributed by atoms with Crippen LogP contribution in [0, 0.1) is 0 Å². The van der Waals surface area contributed by atoms with Gasteiger partial charge in [0.25, 0.3) is 5.91 Å². The predicted molar refractivity (Wildman–Crippen MR) is 116 cm³/mol. The van der Waals surface area contributed by atoms with Gasteiger partial charge in [-0.15, -0.1) is 5.10 Å². The molecule has 3 rings (SSSR count). The van der Waals surface area contributed by atoms with Crippen molar-refractivity contribution in [3.05, 3.63) is 71.8 Å². The van der Waals surface area contributed by atoms with Gasteiger partial charge in [-0.25, -0.2) is 5.43 Å². The van der Waals surface area contributed by atoms with Gasteiger partial charge in [0.05, 0.1) is 19.0 Å². The maximum atomic E-state index is 11.9. The Morgan fingerprint density at radius 1 is 1.16 bits per heavy atom. The summed E-state index contributed by atoms with van der Waals surface area (Å²) >= 11 is 0. The quantitative estimate of drug-likeness (QED) is 0.212. The lowest BCUT2D eigenvalue weighted by Crippen LogP contribution is -2.17. The van der Waals surface area contributed by atoms with Gasteiger partial charge in [0.1, 0.15) is 18.1 Å². The number of hydrogen-bond donors (Lipinski definition) is 1. The summed E-state index contributed by atoms with van der Waals surface area (Å²) < 4.78 is 12.5. The highest BCUT2D eigenvalue weighted by atomic mass is 16.5. The first kappa shape index (κ1) is 22.6. The van der Waals surface area contributed by atoms with E-state index in [1.807, 2.05) is 24.3 Å². The van der Waals surface area contributed by atoms with E-state index in [2.05, 4.69) is 25.8 Å². The number of pyridine rings is 1. The van der Waals surface area contributed by atoms with Crippen LogP contribution >= 0.6 is 0 Å². The topological polar surface area (TPSA) is 121 Å². The molecule has 1 N–H and O–H groups in total. The summed E-state index contributed by atoms with van der Waals surface area (Å²) in [5, 5.41) is 11.9. The van der Waals surface area contributed by atoms with Gasteiger partial charge in [-0.1, -0.05) is 12.1 Å². The van der Waals surface area contributed by atoms with E-state index in [1.165, 1.54) is 0 Å². The van der Waals surface area contributed by atoms with Gasteiger partial charge in [-0.05, 0) is 42.0 Å². The first-order chi connectivity index (χ1) is 15.6. The van der Waals surface area contributed by atoms with Crippen LogP contribution in [-0.4, -0.2) is 44.7 Å². The number of rotatable bonds is 11. The number of amides is 1. The molecule has 0 saturated carbocycles. The van der Waals surface area contributed by atoms with Crippen molar-refractivity contribution in [3.8, 4) is 5.75 Å². The number of benzene rings is 1. The Morgan fingerprint density at radius 3 is 2.69 bits per heavy atom. The van der Waals surface area contributed by atoms with Gasteiger partial charge in [0, 0.05) is 37.3 Å². The SMILES string of the molecule is CCC(=O)OCc1cn(CCCOc2ccc(/C=N/NC(=O)c3ccncc3)cc2)nn1. The average molecular weight is 436 g/mol. The molecule has 1 aromatic carbocycles. The molecule has 0 bridgehead atoms. The zero-order chi connectivity index (χ0) is 22.6. The second-order valence-electron chi connectivity index (χ2n) is 6.69. The number of aromatic nitrogens is 4. The summed E-state index contributed by atoms with van der Waals surface area (Å²) in [7, 11) is 0. The Bertz CT molecular complexity index is 1030. The molecule has 0 aliphatic carbocycles. The van der Waals surface area contributed by atoms with Crippen molar-refractivity contribution in [2.24, 2.45) is 5.10 Å². The maximum Gasteiger partial charge on any atom is 0.305 e. The van der Waals surface area contributed by atoms with Crippen LogP contribution in [0.1, 0.15) is 41.4 Å². The molecule has 166 valence electrons. The van der Waals surface area contributed by atoms with E-state index >= 15 is 0 Å². The van der Waals surface area contributed by atoms with Gasteiger partial charge in [0.2, 0.25) is 0 Å². The van der Waals surface area contributed by atoms with Crippen LogP contribution in [0.2, 0.25) is 0 Å². The number of hydrazone groups is 1. The third kappa shape index (κ3) is 7.31. The maximum absolute atomic E-state index is 11.9. The molecule has 0 atom stereocenters. The lowest BCUT2D eigenvalue weighted by atomic mass is 10.2. The molecular weight excluding hydrogens is 412 g/mol. The predicted octanol–water partition coefficient (Wildman–Crippen LogP) is 2.36. The summed E-state index contributed by atoms with van der Waals surface area (Å²) in [4.78, 5) is 27.0. The summed E-state index contributed by atoms with van der Waals surface area (Å²) in [5.74, 6) is 0.166. The van der Waals surface area contributed by atoms with Crippen LogP contribution in [0.4, 0.5) is 0 Å². The van der Waals surface area contributed by atoms with Crippen LogP contribution in [0.15, 0.2) is 60.1 Å². The zero-order valence-electron chi connectivity index (χ0n) is 17.7. The minimum Gasteiger partial charge on any atom is -0.494 e. The molecule has 3 aromatic rings. The number of ether oxygens (including phenoxy) is 2. The normalized spacial score (nSPS) is 10.8. The fourth-order valence-electron chi connectivity index (χ4n) is 2.57. The molecule has 10 nitrogen and oxygen atoms in total. The molecule has 0 spiro atoms. The first-order valence-electron chi connectivity index (χ1n) is 10.1. The van der Waals surface area contributed by atoms with Crippen LogP contribution < -0.4 is 10.2 Å². The van der Waals surface area contributed by atoms with Crippen molar-refractivity contribution in [2.75, 3.05) is 6.61 Å². The number of esters is 1. The first-order valence-corrected chi connectivity index (χ1v) is 10.1. The molecule has 10 heteroatoms. The fraction of sp³-hybridized carbons (Fsp3) is 0.273. The van der Waals surface area contributed by atoms with Crippen LogP contribution in [0.3, 0.4) is 0 Å². The average Bonchev–Trinajstić information content (AvgIpc) is 3.29. The summed E-state index contributed by atoms with van der Waals surface area (Å²) in [6.07, 6.45) is 7.48. The number of nitrogens with one attached hydrogen (secondary N) is 1. The van der Waals surface area contributed by atoms with Crippen molar-refractivity contribution in [2.45, 2.75) is 32.9 Å². The largest absolute Gasteiger partial charge is 0.494 e. The Morgan fingerprint density at radius 2 is 1.94 bits per heavy atom. The zero-order valence-corrected chi connectivity index (χ0v) is 17.7. The van der Waals surface area contributed by atoms with Gasteiger partial charge < -0.3 is 9.47 Å². The highest BCUT2D eigenvalue weighted by molar-refractivity contribution is 5.94. The second kappa shape index (κ2) is 11.9. The summed E-state index contributed by atoms with van der Waals surface area (Å²) in [5.41, 5.74) is 4.40. The molecule has 0 aliphatic heterocycles. The van der Waals surface area contributed by atoms with Crippen LogP contribution in [0.25, 0.3) is 0 Å². The molecule has 2 aromatic heterocycles. The van der Waals surface area contributed by atoms with E-state index in [1.54, 1.807) is 48.5 Å². The summed E-state index contributed by atoms with van der Waals surface area (Å²) in [6, 6.07) is 10.6. The van der Waals surface area contributed by atoms with Crippen molar-refractivity contribution in [1.82, 2.24) is 25.4 Å². The number of carbonyl (C=O) groups is 2.